The highest BCUT2D eigenvalue weighted by molar-refractivity contribution is 7.99. The zero-order chi connectivity index (χ0) is 23.3. The van der Waals surface area contributed by atoms with Gasteiger partial charge in [-0.15, -0.1) is 23.1 Å². The van der Waals surface area contributed by atoms with Crippen LogP contribution in [0.5, 0.6) is 0 Å². The summed E-state index contributed by atoms with van der Waals surface area (Å²) in [5.74, 6) is 1.07. The Kier molecular flexibility index (Phi) is 8.51. The average molecular weight is 473 g/mol. The summed E-state index contributed by atoms with van der Waals surface area (Å²) in [6.45, 7) is 13.5. The number of thioether (sulfide) groups is 1. The van der Waals surface area contributed by atoms with Crippen molar-refractivity contribution in [1.82, 2.24) is 20.2 Å². The largest absolute Gasteiger partial charge is 0.351 e. The molecule has 0 unspecified atom stereocenters. The molecule has 8 heteroatoms. The summed E-state index contributed by atoms with van der Waals surface area (Å²) in [7, 11) is 0. The highest BCUT2D eigenvalue weighted by Crippen LogP contribution is 2.26. The predicted molar refractivity (Wildman–Crippen MR) is 135 cm³/mol. The molecule has 0 saturated carbocycles. The maximum absolute atomic E-state index is 12.7. The molecule has 2 aromatic heterocycles. The van der Waals surface area contributed by atoms with Gasteiger partial charge in [0.05, 0.1) is 16.4 Å². The van der Waals surface area contributed by atoms with Gasteiger partial charge in [-0.25, -0.2) is 4.98 Å². The molecule has 2 N–H and O–H groups in total. The molecule has 3 aromatic rings. The number of carbonyl (C=O) groups is 1. The van der Waals surface area contributed by atoms with Gasteiger partial charge in [0, 0.05) is 18.0 Å². The zero-order valence-electron chi connectivity index (χ0n) is 19.4. The van der Waals surface area contributed by atoms with Gasteiger partial charge in [-0.1, -0.05) is 38.1 Å². The lowest BCUT2D eigenvalue weighted by Crippen LogP contribution is -2.31. The van der Waals surface area contributed by atoms with Gasteiger partial charge >= 0.3 is 0 Å². The van der Waals surface area contributed by atoms with E-state index in [-0.39, 0.29) is 16.7 Å². The molecule has 6 nitrogen and oxygen atoms in total. The van der Waals surface area contributed by atoms with E-state index < -0.39 is 0 Å². The van der Waals surface area contributed by atoms with Crippen molar-refractivity contribution >= 4 is 39.2 Å². The average Bonchev–Trinajstić information content (AvgIpc) is 3.08. The van der Waals surface area contributed by atoms with Crippen molar-refractivity contribution in [2.75, 3.05) is 13.1 Å². The van der Waals surface area contributed by atoms with Crippen molar-refractivity contribution in [3.63, 3.8) is 0 Å². The van der Waals surface area contributed by atoms with E-state index in [0.717, 1.165) is 40.5 Å². The molecule has 1 amide bonds. The number of fused-ring (bicyclic) bond motifs is 1. The Morgan fingerprint density at radius 1 is 1.22 bits per heavy atom. The number of aromatic amines is 1. The lowest BCUT2D eigenvalue weighted by Gasteiger charge is -2.20. The van der Waals surface area contributed by atoms with E-state index in [9.17, 15) is 9.59 Å². The molecular weight excluding hydrogens is 440 g/mol. The van der Waals surface area contributed by atoms with Crippen LogP contribution < -0.4 is 10.9 Å². The molecule has 0 saturated heterocycles. The Balaban J connectivity index is 1.58. The van der Waals surface area contributed by atoms with Crippen LogP contribution in [0.15, 0.2) is 29.1 Å². The first kappa shape index (κ1) is 24.5. The van der Waals surface area contributed by atoms with E-state index in [1.165, 1.54) is 28.7 Å². The standard InChI is InChI=1S/C24H32N4O2S2/c1-6-28(7-2)13-19-11-9-8-10-18(19)12-25-22(29)17(5)31-14-20-26-23(30)21-15(3)16(4)32-24(21)27-20/h8-11,17H,6-7,12-14H2,1-5H3,(H,25,29)(H,26,27,30)/t17-/m0/s1. The number of nitrogens with zero attached hydrogens (tertiary/aromatic N) is 2. The van der Waals surface area contributed by atoms with Crippen LogP contribution >= 0.6 is 23.1 Å². The Morgan fingerprint density at radius 2 is 1.91 bits per heavy atom. The van der Waals surface area contributed by atoms with E-state index in [1.807, 2.05) is 32.9 Å². The number of hydrogen-bond donors (Lipinski definition) is 2. The molecule has 0 aliphatic heterocycles. The molecule has 0 aliphatic rings. The molecular formula is C24H32N4O2S2. The number of benzene rings is 1. The second kappa shape index (κ2) is 11.1. The molecule has 0 aliphatic carbocycles. The van der Waals surface area contributed by atoms with Gasteiger partial charge in [-0.2, -0.15) is 0 Å². The second-order valence-corrected chi connectivity index (χ2v) is 10.4. The minimum Gasteiger partial charge on any atom is -0.351 e. The third-order valence-corrected chi connectivity index (χ3v) is 8.04. The zero-order valence-corrected chi connectivity index (χ0v) is 21.1. The van der Waals surface area contributed by atoms with Gasteiger partial charge in [0.25, 0.3) is 5.56 Å². The van der Waals surface area contributed by atoms with Gasteiger partial charge in [0.15, 0.2) is 0 Å². The van der Waals surface area contributed by atoms with Crippen molar-refractivity contribution in [3.8, 4) is 0 Å². The number of hydrogen-bond acceptors (Lipinski definition) is 6. The first-order chi connectivity index (χ1) is 15.3. The van der Waals surface area contributed by atoms with Crippen LogP contribution in [0.1, 0.15) is 48.2 Å². The smallest absolute Gasteiger partial charge is 0.259 e. The maximum atomic E-state index is 12.7. The van der Waals surface area contributed by atoms with Crippen LogP contribution in [0.2, 0.25) is 0 Å². The molecule has 0 bridgehead atoms. The van der Waals surface area contributed by atoms with Crippen LogP contribution in [0.25, 0.3) is 10.2 Å². The van der Waals surface area contributed by atoms with Gasteiger partial charge in [0.2, 0.25) is 5.91 Å². The van der Waals surface area contributed by atoms with Crippen LogP contribution in [0, 0.1) is 13.8 Å². The summed E-state index contributed by atoms with van der Waals surface area (Å²) in [5.41, 5.74) is 3.28. The summed E-state index contributed by atoms with van der Waals surface area (Å²) in [6, 6.07) is 8.26. The van der Waals surface area contributed by atoms with Crippen molar-refractivity contribution < 1.29 is 4.79 Å². The molecule has 1 atom stereocenters. The summed E-state index contributed by atoms with van der Waals surface area (Å²) in [5, 5.41) is 3.49. The summed E-state index contributed by atoms with van der Waals surface area (Å²) in [4.78, 5) is 36.8. The minimum absolute atomic E-state index is 0.0149. The first-order valence-corrected chi connectivity index (χ1v) is 12.9. The first-order valence-electron chi connectivity index (χ1n) is 11.0. The number of amides is 1. The maximum Gasteiger partial charge on any atom is 0.259 e. The Bertz CT molecular complexity index is 1130. The lowest BCUT2D eigenvalue weighted by molar-refractivity contribution is -0.120. The molecule has 0 fully saturated rings. The van der Waals surface area contributed by atoms with E-state index in [4.69, 9.17) is 0 Å². The highest BCUT2D eigenvalue weighted by Gasteiger charge is 2.16. The topological polar surface area (TPSA) is 78.1 Å². The van der Waals surface area contributed by atoms with Gasteiger partial charge in [-0.3, -0.25) is 14.5 Å². The van der Waals surface area contributed by atoms with E-state index in [2.05, 4.69) is 46.2 Å². The normalized spacial score (nSPS) is 12.4. The monoisotopic (exact) mass is 472 g/mol. The summed E-state index contributed by atoms with van der Waals surface area (Å²) < 4.78 is 0. The lowest BCUT2D eigenvalue weighted by atomic mass is 10.1. The van der Waals surface area contributed by atoms with Crippen molar-refractivity contribution in [1.29, 1.82) is 0 Å². The summed E-state index contributed by atoms with van der Waals surface area (Å²) >= 11 is 3.01. The van der Waals surface area contributed by atoms with E-state index in [0.29, 0.717) is 23.5 Å². The van der Waals surface area contributed by atoms with Gasteiger partial charge in [-0.05, 0) is 50.6 Å². The number of rotatable bonds is 10. The molecule has 32 heavy (non-hydrogen) atoms. The Hall–Kier alpha value is -2.16. The molecule has 2 heterocycles. The van der Waals surface area contributed by atoms with E-state index >= 15 is 0 Å². The molecule has 172 valence electrons. The molecule has 3 rings (SSSR count). The van der Waals surface area contributed by atoms with Gasteiger partial charge < -0.3 is 10.3 Å². The van der Waals surface area contributed by atoms with Crippen molar-refractivity contribution in [2.45, 2.75) is 58.7 Å². The second-order valence-electron chi connectivity index (χ2n) is 7.88. The van der Waals surface area contributed by atoms with E-state index in [1.54, 1.807) is 0 Å². The Morgan fingerprint density at radius 3 is 2.59 bits per heavy atom. The summed E-state index contributed by atoms with van der Waals surface area (Å²) in [6.07, 6.45) is 0. The van der Waals surface area contributed by atoms with Crippen LogP contribution in [-0.4, -0.2) is 39.1 Å². The number of carbonyl (C=O) groups excluding carboxylic acids is 1. The molecule has 0 radical (unpaired) electrons. The number of nitrogens with one attached hydrogen (secondary N) is 2. The quantitative estimate of drug-likeness (QED) is 0.458. The minimum atomic E-state index is -0.252. The Labute approximate surface area is 197 Å². The molecule has 0 spiro atoms. The fourth-order valence-corrected chi connectivity index (χ4v) is 5.37. The van der Waals surface area contributed by atoms with Crippen molar-refractivity contribution in [3.05, 3.63) is 62.0 Å². The number of thiophene rings is 1. The number of aromatic nitrogens is 2. The van der Waals surface area contributed by atoms with Crippen LogP contribution in [-0.2, 0) is 23.6 Å². The van der Waals surface area contributed by atoms with Crippen LogP contribution in [0.4, 0.5) is 0 Å². The highest BCUT2D eigenvalue weighted by atomic mass is 32.2. The number of H-pyrrole nitrogens is 1. The third-order valence-electron chi connectivity index (χ3n) is 5.79. The predicted octanol–water partition coefficient (Wildman–Crippen LogP) is 4.38. The van der Waals surface area contributed by atoms with Crippen LogP contribution in [0.3, 0.4) is 0 Å². The third kappa shape index (κ3) is 5.79. The fraction of sp³-hybridized carbons (Fsp3) is 0.458. The molecule has 1 aromatic carbocycles. The van der Waals surface area contributed by atoms with Gasteiger partial charge in [0.1, 0.15) is 10.7 Å². The number of aryl methyl sites for hydroxylation is 2. The fourth-order valence-electron chi connectivity index (χ4n) is 3.55. The van der Waals surface area contributed by atoms with Crippen molar-refractivity contribution in [2.24, 2.45) is 0 Å². The SMILES string of the molecule is CCN(CC)Cc1ccccc1CNC(=O)[C@H](C)SCc1nc2sc(C)c(C)c2c(=O)[nH]1.